The lowest BCUT2D eigenvalue weighted by atomic mass is 9.53. The van der Waals surface area contributed by atoms with Crippen LogP contribution in [0.3, 0.4) is 0 Å². The molecule has 4 aliphatic carbocycles. The second kappa shape index (κ2) is 7.03. The summed E-state index contributed by atoms with van der Waals surface area (Å²) in [7, 11) is 0. The van der Waals surface area contributed by atoms with E-state index in [0.29, 0.717) is 47.2 Å². The van der Waals surface area contributed by atoms with E-state index in [9.17, 15) is 9.90 Å². The van der Waals surface area contributed by atoms with Gasteiger partial charge in [-0.25, -0.2) is 9.78 Å². The zero-order valence-electron chi connectivity index (χ0n) is 16.2. The third-order valence-corrected chi connectivity index (χ3v) is 7.44. The van der Waals surface area contributed by atoms with Crippen LogP contribution in [0, 0.1) is 29.1 Å². The van der Waals surface area contributed by atoms with Crippen LogP contribution >= 0.6 is 11.6 Å². The number of carbonyl (C=O) groups is 1. The number of pyridine rings is 1. The summed E-state index contributed by atoms with van der Waals surface area (Å²) in [6.45, 7) is 1.16. The quantitative estimate of drug-likeness (QED) is 0.785. The van der Waals surface area contributed by atoms with Crippen molar-refractivity contribution in [2.24, 2.45) is 17.8 Å². The Hall–Kier alpha value is -2.04. The summed E-state index contributed by atoms with van der Waals surface area (Å²) in [5.74, 6) is 1.72. The number of aliphatic hydroxyl groups is 1. The van der Waals surface area contributed by atoms with Crippen molar-refractivity contribution in [3.8, 4) is 6.07 Å². The SMILES string of the molecule is N#Cc1cnc(N[C@@H]2CCN(C(=O)OC3C4CC5C[C@H]3CC(O)(C5)C4)C2)c(Cl)c1. The number of rotatable bonds is 3. The highest BCUT2D eigenvalue weighted by molar-refractivity contribution is 6.33. The van der Waals surface area contributed by atoms with Gasteiger partial charge in [-0.3, -0.25) is 0 Å². The van der Waals surface area contributed by atoms with Gasteiger partial charge < -0.3 is 20.1 Å². The molecule has 29 heavy (non-hydrogen) atoms. The molecule has 0 spiro atoms. The van der Waals surface area contributed by atoms with Crippen molar-refractivity contribution in [1.29, 1.82) is 5.26 Å². The molecule has 6 atom stereocenters. The lowest BCUT2D eigenvalue weighted by Crippen LogP contribution is -2.58. The second-order valence-corrected chi connectivity index (χ2v) is 9.69. The number of hydrogen-bond donors (Lipinski definition) is 2. The predicted molar refractivity (Wildman–Crippen MR) is 106 cm³/mol. The summed E-state index contributed by atoms with van der Waals surface area (Å²) in [6, 6.07) is 3.64. The normalized spacial score (nSPS) is 37.4. The highest BCUT2D eigenvalue weighted by Gasteiger charge is 2.56. The van der Waals surface area contributed by atoms with Crippen LogP contribution in [0.2, 0.25) is 5.02 Å². The third-order valence-electron chi connectivity index (χ3n) is 7.15. The molecule has 2 heterocycles. The number of hydrogen-bond acceptors (Lipinski definition) is 6. The molecule has 1 aliphatic heterocycles. The van der Waals surface area contributed by atoms with E-state index in [1.807, 2.05) is 6.07 Å². The van der Waals surface area contributed by atoms with Gasteiger partial charge in [0.1, 0.15) is 18.0 Å². The van der Waals surface area contributed by atoms with E-state index in [1.54, 1.807) is 11.0 Å². The first-order valence-corrected chi connectivity index (χ1v) is 10.8. The molecule has 5 fully saturated rings. The summed E-state index contributed by atoms with van der Waals surface area (Å²) in [5, 5.41) is 23.3. The lowest BCUT2D eigenvalue weighted by Gasteiger charge is -2.57. The van der Waals surface area contributed by atoms with Crippen LogP contribution in [0.15, 0.2) is 12.3 Å². The molecule has 4 bridgehead atoms. The lowest BCUT2D eigenvalue weighted by molar-refractivity contribution is -0.177. The molecule has 4 saturated carbocycles. The van der Waals surface area contributed by atoms with Crippen LogP contribution < -0.4 is 5.32 Å². The van der Waals surface area contributed by atoms with Crippen molar-refractivity contribution in [3.05, 3.63) is 22.8 Å². The molecule has 5 aliphatic rings. The van der Waals surface area contributed by atoms with E-state index < -0.39 is 5.60 Å². The van der Waals surface area contributed by atoms with Crippen molar-refractivity contribution in [2.45, 2.75) is 56.3 Å². The summed E-state index contributed by atoms with van der Waals surface area (Å²) >= 11 is 6.19. The first-order valence-electron chi connectivity index (χ1n) is 10.4. The van der Waals surface area contributed by atoms with E-state index in [4.69, 9.17) is 21.6 Å². The van der Waals surface area contributed by atoms with Crippen molar-refractivity contribution >= 4 is 23.5 Å². The van der Waals surface area contributed by atoms with E-state index >= 15 is 0 Å². The monoisotopic (exact) mass is 416 g/mol. The van der Waals surface area contributed by atoms with Gasteiger partial charge in [-0.2, -0.15) is 5.26 Å². The van der Waals surface area contributed by atoms with Crippen LogP contribution in [-0.4, -0.2) is 51.9 Å². The maximum absolute atomic E-state index is 12.8. The molecule has 2 N–H and O–H groups in total. The first-order chi connectivity index (χ1) is 13.9. The predicted octanol–water partition coefficient (Wildman–Crippen LogP) is 3.17. The van der Waals surface area contributed by atoms with Crippen LogP contribution in [0.4, 0.5) is 10.6 Å². The number of amides is 1. The molecule has 1 aromatic heterocycles. The molecule has 6 rings (SSSR count). The minimum atomic E-state index is -0.518. The average Bonchev–Trinajstić information content (AvgIpc) is 3.13. The summed E-state index contributed by atoms with van der Waals surface area (Å²) < 4.78 is 5.98. The number of carbonyl (C=O) groups excluding carboxylic acids is 1. The van der Waals surface area contributed by atoms with Crippen LogP contribution in [-0.2, 0) is 4.74 Å². The number of nitrogens with one attached hydrogen (secondary N) is 1. The standard InChI is InChI=1S/C21H25ClN4O3/c22-17-5-13(9-23)10-24-19(17)25-16-1-2-26(11-16)20(27)29-18-14-3-12-4-15(18)8-21(28,6-12)7-14/h5,10,12,14-16,18,28H,1-4,6-8,11H2,(H,24,25)/t12?,14-,15?,16+,18?,21?/m0/s1. The fourth-order valence-electron chi connectivity index (χ4n) is 6.16. The number of nitrogens with zero attached hydrogens (tertiary/aromatic N) is 3. The highest BCUT2D eigenvalue weighted by atomic mass is 35.5. The number of halogens is 1. The van der Waals surface area contributed by atoms with E-state index in [1.165, 1.54) is 6.20 Å². The Labute approximate surface area is 175 Å². The maximum Gasteiger partial charge on any atom is 0.410 e. The van der Waals surface area contributed by atoms with Gasteiger partial charge in [0.2, 0.25) is 0 Å². The van der Waals surface area contributed by atoms with Gasteiger partial charge in [0.25, 0.3) is 0 Å². The number of aromatic nitrogens is 1. The maximum atomic E-state index is 12.8. The molecule has 7 nitrogen and oxygen atoms in total. The summed E-state index contributed by atoms with van der Waals surface area (Å²) in [4.78, 5) is 18.8. The number of ether oxygens (including phenoxy) is 1. The summed E-state index contributed by atoms with van der Waals surface area (Å²) in [5.41, 5.74) is -0.104. The van der Waals surface area contributed by atoms with Gasteiger partial charge >= 0.3 is 6.09 Å². The zero-order valence-corrected chi connectivity index (χ0v) is 16.9. The number of likely N-dealkylation sites (tertiary alicyclic amines) is 1. The van der Waals surface area contributed by atoms with Crippen molar-refractivity contribution in [2.75, 3.05) is 18.4 Å². The van der Waals surface area contributed by atoms with E-state index in [0.717, 1.165) is 38.5 Å². The van der Waals surface area contributed by atoms with Crippen LogP contribution in [0.1, 0.15) is 44.1 Å². The minimum Gasteiger partial charge on any atom is -0.446 e. The second-order valence-electron chi connectivity index (χ2n) is 9.28. The molecular weight excluding hydrogens is 392 g/mol. The van der Waals surface area contributed by atoms with Crippen LogP contribution in [0.25, 0.3) is 0 Å². The Balaban J connectivity index is 1.18. The highest BCUT2D eigenvalue weighted by Crippen LogP contribution is 2.56. The number of anilines is 1. The molecule has 1 saturated heterocycles. The molecule has 1 aromatic rings. The van der Waals surface area contributed by atoms with Gasteiger partial charge in [0, 0.05) is 25.3 Å². The van der Waals surface area contributed by atoms with E-state index in [-0.39, 0.29) is 18.2 Å². The Morgan fingerprint density at radius 2 is 2.14 bits per heavy atom. The largest absolute Gasteiger partial charge is 0.446 e. The van der Waals surface area contributed by atoms with Gasteiger partial charge in [-0.05, 0) is 62.3 Å². The Morgan fingerprint density at radius 3 is 2.79 bits per heavy atom. The fraction of sp³-hybridized carbons (Fsp3) is 0.667. The van der Waals surface area contributed by atoms with Crippen molar-refractivity contribution in [3.63, 3.8) is 0 Å². The summed E-state index contributed by atoms with van der Waals surface area (Å²) in [6.07, 6.45) is 6.57. The van der Waals surface area contributed by atoms with Gasteiger partial charge in [0.05, 0.1) is 16.2 Å². The number of nitriles is 1. The third kappa shape index (κ3) is 3.53. The molecule has 154 valence electrons. The van der Waals surface area contributed by atoms with Crippen LogP contribution in [0.5, 0.6) is 0 Å². The molecule has 0 radical (unpaired) electrons. The molecule has 1 amide bonds. The Bertz CT molecular complexity index is 856. The fourth-order valence-corrected chi connectivity index (χ4v) is 6.38. The van der Waals surface area contributed by atoms with Gasteiger partial charge in [-0.1, -0.05) is 11.6 Å². The minimum absolute atomic E-state index is 0.0414. The van der Waals surface area contributed by atoms with Gasteiger partial charge in [0.15, 0.2) is 0 Å². The average molecular weight is 417 g/mol. The molecule has 0 aromatic carbocycles. The first kappa shape index (κ1) is 19.0. The molecule has 4 unspecified atom stereocenters. The Kier molecular flexibility index (Phi) is 4.60. The smallest absolute Gasteiger partial charge is 0.410 e. The molecular formula is C21H25ClN4O3. The van der Waals surface area contributed by atoms with Crippen molar-refractivity contribution in [1.82, 2.24) is 9.88 Å². The van der Waals surface area contributed by atoms with Gasteiger partial charge in [-0.15, -0.1) is 0 Å². The van der Waals surface area contributed by atoms with Crippen molar-refractivity contribution < 1.29 is 14.6 Å². The zero-order chi connectivity index (χ0) is 20.2. The van der Waals surface area contributed by atoms with E-state index in [2.05, 4.69) is 10.3 Å². The molecule has 8 heteroatoms. The topological polar surface area (TPSA) is 98.5 Å². The Morgan fingerprint density at radius 1 is 1.38 bits per heavy atom.